The molecule has 0 radical (unpaired) electrons. The van der Waals surface area contributed by atoms with E-state index < -0.39 is 0 Å². The first kappa shape index (κ1) is 10.7. The Morgan fingerprint density at radius 2 is 1.56 bits per heavy atom. The lowest BCUT2D eigenvalue weighted by Crippen LogP contribution is -1.83. The highest BCUT2D eigenvalue weighted by molar-refractivity contribution is 5.94. The van der Waals surface area contributed by atoms with Gasteiger partial charge in [0.15, 0.2) is 0 Å². The van der Waals surface area contributed by atoms with Gasteiger partial charge in [-0.25, -0.2) is 0 Å². The van der Waals surface area contributed by atoms with Crippen LogP contribution in [0.5, 0.6) is 0 Å². The quantitative estimate of drug-likeness (QED) is 0.658. The molecular weight excluding hydrogens is 192 g/mol. The predicted molar refractivity (Wildman–Crippen MR) is 73.4 cm³/mol. The highest BCUT2D eigenvalue weighted by Gasteiger charge is 2.01. The standard InChI is InChI=1S/C16H16/c1-3-7-13-11-12-14-9-5-6-10-16(14)15(13)8-4-2/h3-12H,1-2H3/b7-3-,8-4-. The second kappa shape index (κ2) is 4.80. The average Bonchev–Trinajstić information content (AvgIpc) is 2.32. The lowest BCUT2D eigenvalue weighted by molar-refractivity contribution is 1.64. The zero-order chi connectivity index (χ0) is 11.4. The first-order valence-corrected chi connectivity index (χ1v) is 5.64. The highest BCUT2D eigenvalue weighted by Crippen LogP contribution is 2.24. The van der Waals surface area contributed by atoms with Gasteiger partial charge < -0.3 is 0 Å². The number of allylic oxidation sites excluding steroid dienone is 2. The fraction of sp³-hybridized carbons (Fsp3) is 0.125. The van der Waals surface area contributed by atoms with E-state index in [0.717, 1.165) is 0 Å². The Kier molecular flexibility index (Phi) is 3.21. The number of fused-ring (bicyclic) bond motifs is 1. The summed E-state index contributed by atoms with van der Waals surface area (Å²) in [7, 11) is 0. The van der Waals surface area contributed by atoms with Crippen molar-refractivity contribution in [3.63, 3.8) is 0 Å². The van der Waals surface area contributed by atoms with Crippen LogP contribution < -0.4 is 0 Å². The topological polar surface area (TPSA) is 0 Å². The van der Waals surface area contributed by atoms with Crippen molar-refractivity contribution in [1.82, 2.24) is 0 Å². The Hall–Kier alpha value is -1.82. The maximum atomic E-state index is 2.18. The zero-order valence-electron chi connectivity index (χ0n) is 9.77. The summed E-state index contributed by atoms with van der Waals surface area (Å²) in [6.07, 6.45) is 8.51. The van der Waals surface area contributed by atoms with Crippen LogP contribution in [0.15, 0.2) is 48.6 Å². The highest BCUT2D eigenvalue weighted by atomic mass is 14.1. The molecule has 0 spiro atoms. The van der Waals surface area contributed by atoms with E-state index in [1.807, 2.05) is 0 Å². The van der Waals surface area contributed by atoms with Crippen molar-refractivity contribution < 1.29 is 0 Å². The van der Waals surface area contributed by atoms with Gasteiger partial charge in [-0.1, -0.05) is 60.7 Å². The summed E-state index contributed by atoms with van der Waals surface area (Å²) in [6, 6.07) is 12.9. The molecule has 16 heavy (non-hydrogen) atoms. The molecule has 0 saturated heterocycles. The Labute approximate surface area is 96.9 Å². The second-order valence-electron chi connectivity index (χ2n) is 3.79. The number of benzene rings is 2. The molecule has 2 aromatic rings. The SMILES string of the molecule is C/C=C\c1ccc2ccccc2c1/C=C\C. The van der Waals surface area contributed by atoms with E-state index in [9.17, 15) is 0 Å². The van der Waals surface area contributed by atoms with Gasteiger partial charge in [0, 0.05) is 0 Å². The monoisotopic (exact) mass is 208 g/mol. The van der Waals surface area contributed by atoms with E-state index in [-0.39, 0.29) is 0 Å². The van der Waals surface area contributed by atoms with Crippen molar-refractivity contribution in [3.05, 3.63) is 59.7 Å². The zero-order valence-corrected chi connectivity index (χ0v) is 9.77. The van der Waals surface area contributed by atoms with E-state index in [4.69, 9.17) is 0 Å². The molecule has 2 aromatic carbocycles. The molecule has 0 aliphatic rings. The fourth-order valence-electron chi connectivity index (χ4n) is 1.99. The molecule has 0 aliphatic carbocycles. The lowest BCUT2D eigenvalue weighted by Gasteiger charge is -2.06. The van der Waals surface area contributed by atoms with Crippen LogP contribution in [0.2, 0.25) is 0 Å². The van der Waals surface area contributed by atoms with Crippen LogP contribution in [0.25, 0.3) is 22.9 Å². The Morgan fingerprint density at radius 1 is 0.812 bits per heavy atom. The van der Waals surface area contributed by atoms with Gasteiger partial charge in [-0.05, 0) is 35.7 Å². The molecule has 0 saturated carbocycles. The summed E-state index contributed by atoms with van der Waals surface area (Å²) in [6.45, 7) is 4.11. The van der Waals surface area contributed by atoms with Crippen LogP contribution in [0, 0.1) is 0 Å². The molecule has 0 N–H and O–H groups in total. The third kappa shape index (κ3) is 1.92. The minimum atomic E-state index is 1.28. The van der Waals surface area contributed by atoms with E-state index >= 15 is 0 Å². The molecule has 80 valence electrons. The number of hydrogen-bond donors (Lipinski definition) is 0. The van der Waals surface area contributed by atoms with Crippen molar-refractivity contribution in [1.29, 1.82) is 0 Å². The van der Waals surface area contributed by atoms with Crippen LogP contribution in [0.4, 0.5) is 0 Å². The third-order valence-electron chi connectivity index (χ3n) is 2.68. The predicted octanol–water partition coefficient (Wildman–Crippen LogP) is 4.91. The molecule has 0 nitrogen and oxygen atoms in total. The van der Waals surface area contributed by atoms with Gasteiger partial charge in [-0.2, -0.15) is 0 Å². The Balaban J connectivity index is 2.78. The first-order chi connectivity index (χ1) is 7.86. The van der Waals surface area contributed by atoms with Gasteiger partial charge in [-0.15, -0.1) is 0 Å². The molecule has 0 heterocycles. The van der Waals surface area contributed by atoms with Gasteiger partial charge in [0.1, 0.15) is 0 Å². The lowest BCUT2D eigenvalue weighted by atomic mass is 9.98. The smallest absolute Gasteiger partial charge is 0.0106 e. The van der Waals surface area contributed by atoms with Gasteiger partial charge in [0.25, 0.3) is 0 Å². The summed E-state index contributed by atoms with van der Waals surface area (Å²) in [5.74, 6) is 0. The van der Waals surface area contributed by atoms with Gasteiger partial charge >= 0.3 is 0 Å². The van der Waals surface area contributed by atoms with Crippen molar-refractivity contribution >= 4 is 22.9 Å². The van der Waals surface area contributed by atoms with Crippen LogP contribution in [0.3, 0.4) is 0 Å². The van der Waals surface area contributed by atoms with Crippen molar-refractivity contribution in [2.24, 2.45) is 0 Å². The van der Waals surface area contributed by atoms with Crippen LogP contribution >= 0.6 is 0 Å². The van der Waals surface area contributed by atoms with E-state index in [2.05, 4.69) is 74.5 Å². The number of hydrogen-bond acceptors (Lipinski definition) is 0. The average molecular weight is 208 g/mol. The van der Waals surface area contributed by atoms with Gasteiger partial charge in [0.2, 0.25) is 0 Å². The molecular formula is C16H16. The van der Waals surface area contributed by atoms with E-state index in [1.165, 1.54) is 21.9 Å². The van der Waals surface area contributed by atoms with Crippen LogP contribution in [-0.2, 0) is 0 Å². The van der Waals surface area contributed by atoms with Crippen LogP contribution in [-0.4, -0.2) is 0 Å². The first-order valence-electron chi connectivity index (χ1n) is 5.64. The molecule has 0 bridgehead atoms. The van der Waals surface area contributed by atoms with Gasteiger partial charge in [-0.3, -0.25) is 0 Å². The Bertz CT molecular complexity index is 545. The number of rotatable bonds is 2. The van der Waals surface area contributed by atoms with Crippen molar-refractivity contribution in [3.8, 4) is 0 Å². The Morgan fingerprint density at radius 3 is 2.31 bits per heavy atom. The molecule has 0 heteroatoms. The summed E-state index contributed by atoms with van der Waals surface area (Å²) in [4.78, 5) is 0. The third-order valence-corrected chi connectivity index (χ3v) is 2.68. The molecule has 0 fully saturated rings. The van der Waals surface area contributed by atoms with E-state index in [0.29, 0.717) is 0 Å². The summed E-state index contributed by atoms with van der Waals surface area (Å²) in [5.41, 5.74) is 2.58. The van der Waals surface area contributed by atoms with Crippen molar-refractivity contribution in [2.45, 2.75) is 13.8 Å². The van der Waals surface area contributed by atoms with E-state index in [1.54, 1.807) is 0 Å². The summed E-state index contributed by atoms with van der Waals surface area (Å²) >= 11 is 0. The van der Waals surface area contributed by atoms with Crippen LogP contribution in [0.1, 0.15) is 25.0 Å². The molecule has 2 rings (SSSR count). The molecule has 0 aromatic heterocycles. The molecule has 0 atom stereocenters. The summed E-state index contributed by atoms with van der Waals surface area (Å²) in [5, 5.41) is 2.61. The maximum Gasteiger partial charge on any atom is -0.0106 e. The fourth-order valence-corrected chi connectivity index (χ4v) is 1.99. The van der Waals surface area contributed by atoms with Crippen molar-refractivity contribution in [2.75, 3.05) is 0 Å². The molecule has 0 unspecified atom stereocenters. The minimum absolute atomic E-state index is 1.28. The minimum Gasteiger partial charge on any atom is -0.0870 e. The maximum absolute atomic E-state index is 2.18. The van der Waals surface area contributed by atoms with Gasteiger partial charge in [0.05, 0.1) is 0 Å². The molecule has 0 amide bonds. The largest absolute Gasteiger partial charge is 0.0870 e. The molecule has 0 aliphatic heterocycles. The normalized spacial score (nSPS) is 11.9. The second-order valence-corrected chi connectivity index (χ2v) is 3.79. The summed E-state index contributed by atoms with van der Waals surface area (Å²) < 4.78 is 0.